The van der Waals surface area contributed by atoms with Crippen molar-refractivity contribution in [1.29, 1.82) is 0 Å². The van der Waals surface area contributed by atoms with E-state index in [-0.39, 0.29) is 24.7 Å². The van der Waals surface area contributed by atoms with Crippen LogP contribution >= 0.6 is 0 Å². The number of rotatable bonds is 5. The van der Waals surface area contributed by atoms with Gasteiger partial charge < -0.3 is 25.6 Å². The van der Waals surface area contributed by atoms with Crippen LogP contribution in [-0.4, -0.2) is 73.8 Å². The first-order chi connectivity index (χ1) is 13.8. The number of hydrogen-bond donors (Lipinski definition) is 4. The molecule has 0 radical (unpaired) electrons. The zero-order valence-electron chi connectivity index (χ0n) is 14.7. The highest BCUT2D eigenvalue weighted by Crippen LogP contribution is 2.28. The highest BCUT2D eigenvalue weighted by molar-refractivity contribution is 5.91. The second-order valence-corrected chi connectivity index (χ2v) is 6.21. The Labute approximate surface area is 162 Å². The van der Waals surface area contributed by atoms with E-state index < -0.39 is 42.1 Å². The number of amides is 1. The minimum atomic E-state index is -4.67. The molecule has 156 valence electrons. The van der Waals surface area contributed by atoms with Crippen molar-refractivity contribution >= 4 is 11.7 Å². The largest absolute Gasteiger partial charge is 0.434 e. The van der Waals surface area contributed by atoms with Crippen molar-refractivity contribution in [2.45, 2.75) is 30.5 Å². The zero-order valence-corrected chi connectivity index (χ0v) is 14.7. The van der Waals surface area contributed by atoms with Crippen LogP contribution < -0.4 is 10.6 Å². The molecule has 3 rings (SSSR count). The lowest BCUT2D eigenvalue weighted by Crippen LogP contribution is -2.58. The van der Waals surface area contributed by atoms with Crippen molar-refractivity contribution in [2.24, 2.45) is 0 Å². The van der Waals surface area contributed by atoms with Gasteiger partial charge in [0.1, 0.15) is 24.1 Å². The molecule has 0 spiro atoms. The Balaban J connectivity index is 1.57. The molecule has 1 aliphatic rings. The highest BCUT2D eigenvalue weighted by Gasteiger charge is 2.39. The molecule has 2 aromatic rings. The van der Waals surface area contributed by atoms with Gasteiger partial charge in [-0.25, -0.2) is 4.98 Å². The van der Waals surface area contributed by atoms with Gasteiger partial charge in [-0.1, -0.05) is 0 Å². The summed E-state index contributed by atoms with van der Waals surface area (Å²) in [5.74, 6) is -0.767. The molecule has 10 nitrogen and oxygen atoms in total. The first-order valence-corrected chi connectivity index (χ1v) is 8.45. The molecule has 13 heteroatoms. The van der Waals surface area contributed by atoms with Crippen LogP contribution in [0.2, 0.25) is 0 Å². The molecular formula is C16H17F3N6O4. The number of hydrogen-bond acceptors (Lipinski definition) is 9. The van der Waals surface area contributed by atoms with E-state index in [1.807, 2.05) is 0 Å². The third-order valence-electron chi connectivity index (χ3n) is 4.16. The standard InChI is InChI=1S/C16H17F3N6O4/c17-16(18,19)11-5-20-6-12(24-11)23-9-7-29-10(14(27)13(9)26)4-21-15(28)8-2-1-3-22-25-8/h1-3,5-6,9-10,13-14,26-27H,4,7H2,(H,21,28)(H,23,24)/t9-,10+,13+,14-/m0/s1. The summed E-state index contributed by atoms with van der Waals surface area (Å²) < 4.78 is 43.6. The first kappa shape index (κ1) is 20.8. The Hall–Kier alpha value is -2.90. The summed E-state index contributed by atoms with van der Waals surface area (Å²) >= 11 is 0. The Kier molecular flexibility index (Phi) is 6.20. The van der Waals surface area contributed by atoms with Crippen LogP contribution in [0.3, 0.4) is 0 Å². The van der Waals surface area contributed by atoms with Crippen molar-refractivity contribution < 1.29 is 32.9 Å². The minimum absolute atomic E-state index is 0.0704. The second kappa shape index (κ2) is 8.63. The van der Waals surface area contributed by atoms with Crippen molar-refractivity contribution in [2.75, 3.05) is 18.5 Å². The second-order valence-electron chi connectivity index (χ2n) is 6.21. The molecule has 0 bridgehead atoms. The molecule has 4 atom stereocenters. The van der Waals surface area contributed by atoms with Gasteiger partial charge in [-0.15, -0.1) is 5.10 Å². The van der Waals surface area contributed by atoms with E-state index in [0.717, 1.165) is 6.20 Å². The van der Waals surface area contributed by atoms with Crippen molar-refractivity contribution in [3.63, 3.8) is 0 Å². The van der Waals surface area contributed by atoms with Crippen molar-refractivity contribution in [3.8, 4) is 0 Å². The Morgan fingerprint density at radius 3 is 2.76 bits per heavy atom. The molecule has 3 heterocycles. The fourth-order valence-corrected chi connectivity index (χ4v) is 2.66. The van der Waals surface area contributed by atoms with Crippen LogP contribution in [0.1, 0.15) is 16.2 Å². The van der Waals surface area contributed by atoms with Crippen LogP contribution in [0.4, 0.5) is 19.0 Å². The van der Waals surface area contributed by atoms with Crippen LogP contribution in [0.25, 0.3) is 0 Å². The third-order valence-corrected chi connectivity index (χ3v) is 4.16. The number of carbonyl (C=O) groups excluding carboxylic acids is 1. The Bertz CT molecular complexity index is 841. The molecule has 1 aliphatic heterocycles. The number of ether oxygens (including phenoxy) is 1. The Morgan fingerprint density at radius 1 is 1.28 bits per heavy atom. The molecule has 0 aliphatic carbocycles. The minimum Gasteiger partial charge on any atom is -0.388 e. The number of halogens is 3. The maximum atomic E-state index is 12.7. The molecule has 4 N–H and O–H groups in total. The summed E-state index contributed by atoms with van der Waals surface area (Å²) in [7, 11) is 0. The van der Waals surface area contributed by atoms with Crippen LogP contribution in [0.15, 0.2) is 30.7 Å². The van der Waals surface area contributed by atoms with E-state index in [2.05, 4.69) is 30.8 Å². The lowest BCUT2D eigenvalue weighted by atomic mass is 9.98. The summed E-state index contributed by atoms with van der Waals surface area (Å²) in [6, 6.07) is 2.05. The average Bonchev–Trinajstić information content (AvgIpc) is 2.71. The highest BCUT2D eigenvalue weighted by atomic mass is 19.4. The van der Waals surface area contributed by atoms with Gasteiger partial charge in [-0.3, -0.25) is 9.78 Å². The smallest absolute Gasteiger partial charge is 0.388 e. The molecule has 2 aromatic heterocycles. The monoisotopic (exact) mass is 414 g/mol. The quantitative estimate of drug-likeness (QED) is 0.515. The number of aliphatic hydroxyl groups is 2. The average molecular weight is 414 g/mol. The van der Waals surface area contributed by atoms with Gasteiger partial charge in [-0.05, 0) is 12.1 Å². The molecule has 1 saturated heterocycles. The number of carbonyl (C=O) groups is 1. The van der Waals surface area contributed by atoms with Gasteiger partial charge in [0, 0.05) is 12.7 Å². The molecule has 29 heavy (non-hydrogen) atoms. The van der Waals surface area contributed by atoms with E-state index >= 15 is 0 Å². The van der Waals surface area contributed by atoms with Gasteiger partial charge in [0.2, 0.25) is 0 Å². The van der Waals surface area contributed by atoms with E-state index in [1.54, 1.807) is 0 Å². The predicted molar refractivity (Wildman–Crippen MR) is 90.6 cm³/mol. The fraction of sp³-hybridized carbons (Fsp3) is 0.438. The lowest BCUT2D eigenvalue weighted by Gasteiger charge is -2.38. The lowest BCUT2D eigenvalue weighted by molar-refractivity contribution is -0.141. The maximum Gasteiger partial charge on any atom is 0.434 e. The van der Waals surface area contributed by atoms with Crippen LogP contribution in [0.5, 0.6) is 0 Å². The molecule has 1 fully saturated rings. The zero-order chi connectivity index (χ0) is 21.0. The third kappa shape index (κ3) is 5.13. The predicted octanol–water partition coefficient (Wildman–Crippen LogP) is -0.384. The van der Waals surface area contributed by atoms with E-state index in [1.165, 1.54) is 18.3 Å². The summed E-state index contributed by atoms with van der Waals surface area (Å²) in [5.41, 5.74) is -1.13. The van der Waals surface area contributed by atoms with Crippen LogP contribution in [0, 0.1) is 0 Å². The number of aromatic nitrogens is 4. The topological polar surface area (TPSA) is 142 Å². The summed E-state index contributed by atoms with van der Waals surface area (Å²) in [4.78, 5) is 18.8. The molecule has 0 aromatic carbocycles. The van der Waals surface area contributed by atoms with Gasteiger partial charge in [0.15, 0.2) is 11.4 Å². The number of aliphatic hydroxyl groups excluding tert-OH is 2. The van der Waals surface area contributed by atoms with Gasteiger partial charge in [0.25, 0.3) is 5.91 Å². The summed E-state index contributed by atoms with van der Waals surface area (Å²) in [5, 5.41) is 32.8. The summed E-state index contributed by atoms with van der Waals surface area (Å²) in [6.45, 7) is -0.272. The molecule has 1 amide bonds. The summed E-state index contributed by atoms with van der Waals surface area (Å²) in [6.07, 6.45) is -5.37. The van der Waals surface area contributed by atoms with Crippen molar-refractivity contribution in [3.05, 3.63) is 42.1 Å². The molecular weight excluding hydrogens is 397 g/mol. The first-order valence-electron chi connectivity index (χ1n) is 8.45. The van der Waals surface area contributed by atoms with E-state index in [0.29, 0.717) is 6.20 Å². The molecule has 0 unspecified atom stereocenters. The maximum absolute atomic E-state index is 12.7. The molecule has 0 saturated carbocycles. The number of nitrogens with zero attached hydrogens (tertiary/aromatic N) is 4. The SMILES string of the molecule is O=C(NC[C@H]1OC[C@H](Nc2cncc(C(F)(F)F)n2)[C@@H](O)[C@H]1O)c1cccnn1. The van der Waals surface area contributed by atoms with Gasteiger partial charge in [0.05, 0.1) is 25.0 Å². The fourth-order valence-electron chi connectivity index (χ4n) is 2.66. The number of alkyl halides is 3. The normalized spacial score (nSPS) is 24.7. The van der Waals surface area contributed by atoms with Crippen LogP contribution in [-0.2, 0) is 10.9 Å². The van der Waals surface area contributed by atoms with Gasteiger partial charge >= 0.3 is 6.18 Å². The van der Waals surface area contributed by atoms with E-state index in [9.17, 15) is 28.2 Å². The number of anilines is 1. The van der Waals surface area contributed by atoms with Gasteiger partial charge in [-0.2, -0.15) is 18.3 Å². The Morgan fingerprint density at radius 2 is 2.07 bits per heavy atom. The van der Waals surface area contributed by atoms with E-state index in [4.69, 9.17) is 4.74 Å². The number of nitrogens with one attached hydrogen (secondary N) is 2. The van der Waals surface area contributed by atoms with Crippen molar-refractivity contribution in [1.82, 2.24) is 25.5 Å².